The Morgan fingerprint density at radius 2 is 2.00 bits per heavy atom. The number of rotatable bonds is 2. The SMILES string of the molecule is C/C(C#N)=N\N(C)c1ccccc1. The number of nitriles is 1. The number of para-hydroxylation sites is 1. The van der Waals surface area contributed by atoms with Gasteiger partial charge in [-0.05, 0) is 19.1 Å². The molecule has 0 N–H and O–H groups in total. The molecule has 0 unspecified atom stereocenters. The Morgan fingerprint density at radius 1 is 1.38 bits per heavy atom. The lowest BCUT2D eigenvalue weighted by atomic mass is 10.3. The number of anilines is 1. The Hall–Kier alpha value is -1.82. The number of nitrogens with zero attached hydrogens (tertiary/aromatic N) is 3. The van der Waals surface area contributed by atoms with Gasteiger partial charge in [-0.15, -0.1) is 0 Å². The zero-order chi connectivity index (χ0) is 9.68. The highest BCUT2D eigenvalue weighted by Gasteiger charge is 1.96. The highest BCUT2D eigenvalue weighted by atomic mass is 15.4. The molecule has 0 aromatic heterocycles. The summed E-state index contributed by atoms with van der Waals surface area (Å²) in [6, 6.07) is 11.7. The highest BCUT2D eigenvalue weighted by Crippen LogP contribution is 2.10. The fraction of sp³-hybridized carbons (Fsp3) is 0.200. The summed E-state index contributed by atoms with van der Waals surface area (Å²) in [5, 5.41) is 14.3. The lowest BCUT2D eigenvalue weighted by Gasteiger charge is -2.12. The van der Waals surface area contributed by atoms with Gasteiger partial charge in [-0.2, -0.15) is 10.4 Å². The number of hydrogen-bond donors (Lipinski definition) is 0. The van der Waals surface area contributed by atoms with Gasteiger partial charge in [-0.3, -0.25) is 5.01 Å². The van der Waals surface area contributed by atoms with E-state index in [0.29, 0.717) is 5.71 Å². The molecule has 1 rings (SSSR count). The van der Waals surface area contributed by atoms with Gasteiger partial charge in [-0.1, -0.05) is 18.2 Å². The minimum Gasteiger partial charge on any atom is -0.268 e. The molecule has 0 heterocycles. The van der Waals surface area contributed by atoms with Crippen LogP contribution in [0.15, 0.2) is 35.4 Å². The van der Waals surface area contributed by atoms with Crippen LogP contribution >= 0.6 is 0 Å². The summed E-state index contributed by atoms with van der Waals surface area (Å²) in [5.74, 6) is 0. The number of benzene rings is 1. The lowest BCUT2D eigenvalue weighted by Crippen LogP contribution is -2.10. The van der Waals surface area contributed by atoms with Crippen molar-refractivity contribution in [2.45, 2.75) is 6.92 Å². The van der Waals surface area contributed by atoms with Gasteiger partial charge in [0.05, 0.1) is 5.69 Å². The summed E-state index contributed by atoms with van der Waals surface area (Å²) in [7, 11) is 1.82. The quantitative estimate of drug-likeness (QED) is 0.507. The van der Waals surface area contributed by atoms with Crippen molar-refractivity contribution < 1.29 is 0 Å². The Bertz CT molecular complexity index is 335. The van der Waals surface area contributed by atoms with E-state index in [-0.39, 0.29) is 0 Å². The molecular weight excluding hydrogens is 162 g/mol. The summed E-state index contributed by atoms with van der Waals surface area (Å²) in [4.78, 5) is 0. The van der Waals surface area contributed by atoms with Crippen LogP contribution in [0, 0.1) is 11.3 Å². The number of hydrazone groups is 1. The van der Waals surface area contributed by atoms with Crippen LogP contribution in [0.1, 0.15) is 6.92 Å². The average molecular weight is 173 g/mol. The Kier molecular flexibility index (Phi) is 3.04. The number of hydrogen-bond acceptors (Lipinski definition) is 3. The molecule has 0 bridgehead atoms. The van der Waals surface area contributed by atoms with Crippen LogP contribution in [0.25, 0.3) is 0 Å². The molecule has 0 radical (unpaired) electrons. The van der Waals surface area contributed by atoms with Crippen molar-refractivity contribution in [2.75, 3.05) is 12.1 Å². The van der Waals surface area contributed by atoms with Crippen molar-refractivity contribution in [3.8, 4) is 6.07 Å². The van der Waals surface area contributed by atoms with E-state index in [0.717, 1.165) is 5.69 Å². The molecule has 0 fully saturated rings. The van der Waals surface area contributed by atoms with E-state index >= 15 is 0 Å². The van der Waals surface area contributed by atoms with Gasteiger partial charge in [0.1, 0.15) is 11.8 Å². The summed E-state index contributed by atoms with van der Waals surface area (Å²) in [6.07, 6.45) is 0. The standard InChI is InChI=1S/C10H11N3/c1-9(8-11)12-13(2)10-6-4-3-5-7-10/h3-7H,1-2H3/b12-9+. The Morgan fingerprint density at radius 3 is 2.54 bits per heavy atom. The average Bonchev–Trinajstić information content (AvgIpc) is 2.19. The summed E-state index contributed by atoms with van der Waals surface area (Å²) < 4.78 is 0. The minimum absolute atomic E-state index is 0.450. The normalized spacial score (nSPS) is 10.7. The molecule has 13 heavy (non-hydrogen) atoms. The maximum Gasteiger partial charge on any atom is 0.135 e. The fourth-order valence-electron chi connectivity index (χ4n) is 0.949. The largest absolute Gasteiger partial charge is 0.268 e. The third kappa shape index (κ3) is 2.60. The van der Waals surface area contributed by atoms with Crippen LogP contribution in [0.3, 0.4) is 0 Å². The topological polar surface area (TPSA) is 39.4 Å². The predicted molar refractivity (Wildman–Crippen MR) is 53.6 cm³/mol. The van der Waals surface area contributed by atoms with Crippen molar-refractivity contribution in [1.82, 2.24) is 0 Å². The molecule has 1 aromatic rings. The van der Waals surface area contributed by atoms with Crippen molar-refractivity contribution in [1.29, 1.82) is 5.26 Å². The van der Waals surface area contributed by atoms with Crippen molar-refractivity contribution in [3.63, 3.8) is 0 Å². The second-order valence-electron chi connectivity index (χ2n) is 2.66. The first-order chi connectivity index (χ1) is 6.24. The molecule has 0 saturated carbocycles. The first-order valence-electron chi connectivity index (χ1n) is 3.98. The molecule has 0 aliphatic heterocycles. The smallest absolute Gasteiger partial charge is 0.135 e. The van der Waals surface area contributed by atoms with Gasteiger partial charge >= 0.3 is 0 Å². The third-order valence-electron chi connectivity index (χ3n) is 1.59. The third-order valence-corrected chi connectivity index (χ3v) is 1.59. The Balaban J connectivity index is 2.82. The van der Waals surface area contributed by atoms with Crippen molar-refractivity contribution in [2.24, 2.45) is 5.10 Å². The molecule has 0 saturated heterocycles. The van der Waals surface area contributed by atoms with E-state index < -0.39 is 0 Å². The van der Waals surface area contributed by atoms with E-state index in [2.05, 4.69) is 5.10 Å². The van der Waals surface area contributed by atoms with Crippen molar-refractivity contribution in [3.05, 3.63) is 30.3 Å². The lowest BCUT2D eigenvalue weighted by molar-refractivity contribution is 1.02. The molecule has 0 amide bonds. The van der Waals surface area contributed by atoms with Gasteiger partial charge < -0.3 is 0 Å². The monoisotopic (exact) mass is 173 g/mol. The van der Waals surface area contributed by atoms with E-state index in [1.165, 1.54) is 0 Å². The van der Waals surface area contributed by atoms with Crippen LogP contribution in [-0.4, -0.2) is 12.8 Å². The molecule has 0 spiro atoms. The second-order valence-corrected chi connectivity index (χ2v) is 2.66. The van der Waals surface area contributed by atoms with E-state index in [1.54, 1.807) is 11.9 Å². The summed E-state index contributed by atoms with van der Waals surface area (Å²) in [5.41, 5.74) is 1.42. The zero-order valence-corrected chi connectivity index (χ0v) is 7.73. The van der Waals surface area contributed by atoms with Gasteiger partial charge in [0.2, 0.25) is 0 Å². The molecule has 0 aliphatic carbocycles. The summed E-state index contributed by atoms with van der Waals surface area (Å²) in [6.45, 7) is 1.68. The van der Waals surface area contributed by atoms with Gasteiger partial charge in [0, 0.05) is 7.05 Å². The zero-order valence-electron chi connectivity index (χ0n) is 7.73. The molecule has 0 aliphatic rings. The molecule has 0 atom stereocenters. The van der Waals surface area contributed by atoms with Crippen molar-refractivity contribution >= 4 is 11.4 Å². The van der Waals surface area contributed by atoms with Crippen LogP contribution < -0.4 is 5.01 Å². The molecule has 66 valence electrons. The van der Waals surface area contributed by atoms with Crippen LogP contribution in [-0.2, 0) is 0 Å². The van der Waals surface area contributed by atoms with Crippen LogP contribution in [0.5, 0.6) is 0 Å². The Labute approximate surface area is 77.9 Å². The maximum absolute atomic E-state index is 8.52. The molecule has 1 aromatic carbocycles. The maximum atomic E-state index is 8.52. The first-order valence-corrected chi connectivity index (χ1v) is 3.98. The van der Waals surface area contributed by atoms with Crippen LogP contribution in [0.4, 0.5) is 5.69 Å². The highest BCUT2D eigenvalue weighted by molar-refractivity contribution is 5.96. The van der Waals surface area contributed by atoms with Gasteiger partial charge in [0.25, 0.3) is 0 Å². The minimum atomic E-state index is 0.450. The second kappa shape index (κ2) is 4.27. The first kappa shape index (κ1) is 9.27. The van der Waals surface area contributed by atoms with Crippen LogP contribution in [0.2, 0.25) is 0 Å². The van der Waals surface area contributed by atoms with Gasteiger partial charge in [0.15, 0.2) is 0 Å². The van der Waals surface area contributed by atoms with E-state index in [4.69, 9.17) is 5.26 Å². The molecule has 3 nitrogen and oxygen atoms in total. The predicted octanol–water partition coefficient (Wildman–Crippen LogP) is 2.02. The van der Waals surface area contributed by atoms with Gasteiger partial charge in [-0.25, -0.2) is 0 Å². The van der Waals surface area contributed by atoms with E-state index in [1.807, 2.05) is 43.4 Å². The molecular formula is C10H11N3. The fourth-order valence-corrected chi connectivity index (χ4v) is 0.949. The van der Waals surface area contributed by atoms with E-state index in [9.17, 15) is 0 Å². The molecule has 3 heteroatoms. The summed E-state index contributed by atoms with van der Waals surface area (Å²) >= 11 is 0.